The summed E-state index contributed by atoms with van der Waals surface area (Å²) in [5, 5.41) is 9.33. The second kappa shape index (κ2) is 7.08. The van der Waals surface area contributed by atoms with E-state index in [1.807, 2.05) is 20.8 Å². The number of carbonyl (C=O) groups is 3. The fourth-order valence-electron chi connectivity index (χ4n) is 4.01. The SMILES string of the molecule is CC(C)(C)OC(=O)N1C2CCC(N(CC(=O)O)C(=O)C(C)(C)C)C1CC2. The summed E-state index contributed by atoms with van der Waals surface area (Å²) in [5.74, 6) is -1.23. The van der Waals surface area contributed by atoms with E-state index in [-0.39, 0.29) is 36.7 Å². The summed E-state index contributed by atoms with van der Waals surface area (Å²) >= 11 is 0. The highest BCUT2D eigenvalue weighted by Gasteiger charge is 2.50. The van der Waals surface area contributed by atoms with Gasteiger partial charge in [-0.3, -0.25) is 9.59 Å². The number of fused-ring (bicyclic) bond motifs is 2. The van der Waals surface area contributed by atoms with Crippen molar-refractivity contribution in [2.75, 3.05) is 6.54 Å². The molecule has 148 valence electrons. The number of aliphatic carboxylic acids is 1. The number of piperidine rings is 1. The first-order chi connectivity index (χ1) is 11.8. The minimum atomic E-state index is -1.04. The average molecular weight is 368 g/mol. The van der Waals surface area contributed by atoms with E-state index in [4.69, 9.17) is 4.74 Å². The van der Waals surface area contributed by atoms with Crippen molar-refractivity contribution in [1.29, 1.82) is 0 Å². The van der Waals surface area contributed by atoms with Crippen LogP contribution in [0.4, 0.5) is 4.79 Å². The smallest absolute Gasteiger partial charge is 0.410 e. The Labute approximate surface area is 155 Å². The normalized spacial score (nSPS) is 25.8. The minimum absolute atomic E-state index is 0.113. The highest BCUT2D eigenvalue weighted by molar-refractivity contribution is 5.85. The molecule has 0 aliphatic carbocycles. The van der Waals surface area contributed by atoms with Crippen LogP contribution in [0, 0.1) is 5.41 Å². The molecule has 2 heterocycles. The van der Waals surface area contributed by atoms with Crippen molar-refractivity contribution in [3.8, 4) is 0 Å². The van der Waals surface area contributed by atoms with Crippen molar-refractivity contribution < 1.29 is 24.2 Å². The summed E-state index contributed by atoms with van der Waals surface area (Å²) in [6.07, 6.45) is 2.73. The summed E-state index contributed by atoms with van der Waals surface area (Å²) in [6, 6.07) is -0.360. The lowest BCUT2D eigenvalue weighted by molar-refractivity contribution is -0.152. The maximum atomic E-state index is 12.9. The van der Waals surface area contributed by atoms with Crippen molar-refractivity contribution >= 4 is 18.0 Å². The van der Waals surface area contributed by atoms with E-state index in [2.05, 4.69) is 0 Å². The Morgan fingerprint density at radius 3 is 2.12 bits per heavy atom. The summed E-state index contributed by atoms with van der Waals surface area (Å²) < 4.78 is 5.56. The Hall–Kier alpha value is -1.79. The fourth-order valence-corrected chi connectivity index (χ4v) is 4.01. The second-order valence-electron chi connectivity index (χ2n) is 9.41. The highest BCUT2D eigenvalue weighted by atomic mass is 16.6. The summed E-state index contributed by atoms with van der Waals surface area (Å²) in [5.41, 5.74) is -1.27. The molecule has 0 radical (unpaired) electrons. The largest absolute Gasteiger partial charge is 0.480 e. The van der Waals surface area contributed by atoms with Crippen molar-refractivity contribution in [3.05, 3.63) is 0 Å². The van der Waals surface area contributed by atoms with Crippen LogP contribution >= 0.6 is 0 Å². The van der Waals surface area contributed by atoms with Gasteiger partial charge < -0.3 is 19.6 Å². The fraction of sp³-hybridized carbons (Fsp3) is 0.842. The Morgan fingerprint density at radius 1 is 1.04 bits per heavy atom. The zero-order valence-corrected chi connectivity index (χ0v) is 16.7. The third kappa shape index (κ3) is 4.48. The molecule has 3 unspecified atom stereocenters. The van der Waals surface area contributed by atoms with Gasteiger partial charge in [-0.15, -0.1) is 0 Å². The molecule has 2 saturated heterocycles. The Bertz CT molecular complexity index is 575. The van der Waals surface area contributed by atoms with Crippen molar-refractivity contribution in [2.45, 2.75) is 91.0 Å². The van der Waals surface area contributed by atoms with Gasteiger partial charge >= 0.3 is 12.1 Å². The standard InChI is InChI=1S/C19H32N2O5/c1-18(2,3)16(24)20(11-15(22)23)13-9-7-12-8-10-14(13)21(12)17(25)26-19(4,5)6/h12-14H,7-11H2,1-6H3,(H,22,23). The second-order valence-corrected chi connectivity index (χ2v) is 9.41. The van der Waals surface area contributed by atoms with Crippen LogP contribution in [0.2, 0.25) is 0 Å². The van der Waals surface area contributed by atoms with E-state index >= 15 is 0 Å². The van der Waals surface area contributed by atoms with Gasteiger partial charge in [-0.1, -0.05) is 20.8 Å². The van der Waals surface area contributed by atoms with Crippen LogP contribution in [-0.4, -0.2) is 63.1 Å². The molecule has 0 aromatic carbocycles. The number of carboxylic acids is 1. The van der Waals surface area contributed by atoms with E-state index in [1.165, 1.54) is 4.90 Å². The molecule has 7 nitrogen and oxygen atoms in total. The molecule has 2 aliphatic rings. The van der Waals surface area contributed by atoms with Gasteiger partial charge in [0.2, 0.25) is 5.91 Å². The van der Waals surface area contributed by atoms with Gasteiger partial charge in [-0.2, -0.15) is 0 Å². The summed E-state index contributed by atoms with van der Waals surface area (Å²) in [4.78, 5) is 40.2. The molecule has 0 spiro atoms. The van der Waals surface area contributed by atoms with Crippen LogP contribution in [0.25, 0.3) is 0 Å². The van der Waals surface area contributed by atoms with E-state index in [0.717, 1.165) is 19.3 Å². The third-order valence-corrected chi connectivity index (χ3v) is 5.00. The van der Waals surface area contributed by atoms with Gasteiger partial charge in [-0.05, 0) is 46.5 Å². The number of amides is 2. The zero-order valence-electron chi connectivity index (χ0n) is 16.7. The lowest BCUT2D eigenvalue weighted by Crippen LogP contribution is -2.60. The quantitative estimate of drug-likeness (QED) is 0.828. The molecular formula is C19H32N2O5. The molecule has 2 amide bonds. The molecule has 2 rings (SSSR count). The van der Waals surface area contributed by atoms with Gasteiger partial charge in [0.1, 0.15) is 12.1 Å². The van der Waals surface area contributed by atoms with Crippen LogP contribution in [0.5, 0.6) is 0 Å². The first-order valence-electron chi connectivity index (χ1n) is 9.35. The van der Waals surface area contributed by atoms with E-state index < -0.39 is 17.0 Å². The van der Waals surface area contributed by atoms with Crippen molar-refractivity contribution in [3.63, 3.8) is 0 Å². The van der Waals surface area contributed by atoms with Gasteiger partial charge in [0, 0.05) is 11.5 Å². The van der Waals surface area contributed by atoms with E-state index in [9.17, 15) is 19.5 Å². The minimum Gasteiger partial charge on any atom is -0.480 e. The highest BCUT2D eigenvalue weighted by Crippen LogP contribution is 2.39. The van der Waals surface area contributed by atoms with Crippen LogP contribution in [0.1, 0.15) is 67.2 Å². The molecule has 1 N–H and O–H groups in total. The Morgan fingerprint density at radius 2 is 1.62 bits per heavy atom. The van der Waals surface area contributed by atoms with Crippen molar-refractivity contribution in [1.82, 2.24) is 9.80 Å². The molecule has 7 heteroatoms. The number of ether oxygens (including phenoxy) is 1. The lowest BCUT2D eigenvalue weighted by Gasteiger charge is -2.45. The first kappa shape index (κ1) is 20.5. The lowest BCUT2D eigenvalue weighted by atomic mass is 9.90. The predicted molar refractivity (Wildman–Crippen MR) is 96.7 cm³/mol. The molecule has 2 aliphatic heterocycles. The maximum Gasteiger partial charge on any atom is 0.410 e. The van der Waals surface area contributed by atoms with Crippen molar-refractivity contribution in [2.24, 2.45) is 5.41 Å². The first-order valence-corrected chi connectivity index (χ1v) is 9.35. The molecule has 0 aromatic heterocycles. The molecule has 2 fully saturated rings. The molecule has 0 aromatic rings. The Kier molecular flexibility index (Phi) is 5.59. The number of carbonyl (C=O) groups excluding carboxylic acids is 2. The molecule has 26 heavy (non-hydrogen) atoms. The van der Waals surface area contributed by atoms with Crippen LogP contribution in [-0.2, 0) is 14.3 Å². The van der Waals surface area contributed by atoms with Gasteiger partial charge in [0.05, 0.1) is 12.1 Å². The van der Waals surface area contributed by atoms with Crippen LogP contribution < -0.4 is 0 Å². The summed E-state index contributed by atoms with van der Waals surface area (Å²) in [6.45, 7) is 10.5. The maximum absolute atomic E-state index is 12.9. The molecular weight excluding hydrogens is 336 g/mol. The molecule has 2 bridgehead atoms. The summed E-state index contributed by atoms with van der Waals surface area (Å²) in [7, 11) is 0. The van der Waals surface area contributed by atoms with Gasteiger partial charge in [0.15, 0.2) is 0 Å². The van der Waals surface area contributed by atoms with Crippen LogP contribution in [0.15, 0.2) is 0 Å². The molecule has 0 saturated carbocycles. The Balaban J connectivity index is 2.28. The number of hydrogen-bond donors (Lipinski definition) is 1. The predicted octanol–water partition coefficient (Wildman–Crippen LogP) is 2.88. The topological polar surface area (TPSA) is 87.2 Å². The number of hydrogen-bond acceptors (Lipinski definition) is 4. The monoisotopic (exact) mass is 368 g/mol. The number of carboxylic acid groups (broad SMARTS) is 1. The van der Waals surface area contributed by atoms with Crippen LogP contribution in [0.3, 0.4) is 0 Å². The van der Waals surface area contributed by atoms with E-state index in [0.29, 0.717) is 6.42 Å². The third-order valence-electron chi connectivity index (χ3n) is 5.00. The van der Waals surface area contributed by atoms with E-state index in [1.54, 1.807) is 25.7 Å². The molecule has 3 atom stereocenters. The zero-order chi connectivity index (χ0) is 19.9. The van der Waals surface area contributed by atoms with Gasteiger partial charge in [0.25, 0.3) is 0 Å². The van der Waals surface area contributed by atoms with Gasteiger partial charge in [-0.25, -0.2) is 4.79 Å². The average Bonchev–Trinajstić information content (AvgIpc) is 2.76. The number of nitrogens with zero attached hydrogens (tertiary/aromatic N) is 2. The number of rotatable bonds is 3.